The van der Waals surface area contributed by atoms with Crippen molar-refractivity contribution in [3.8, 4) is 11.3 Å². The minimum atomic E-state index is -0.840. The highest BCUT2D eigenvalue weighted by molar-refractivity contribution is 8.11. The van der Waals surface area contributed by atoms with Crippen molar-refractivity contribution in [3.63, 3.8) is 0 Å². The molecule has 1 saturated heterocycles. The predicted octanol–water partition coefficient (Wildman–Crippen LogP) is 4.38. The number of amidine groups is 1. The van der Waals surface area contributed by atoms with Gasteiger partial charge < -0.3 is 24.3 Å². The van der Waals surface area contributed by atoms with E-state index in [1.54, 1.807) is 23.4 Å². The molecule has 1 fully saturated rings. The van der Waals surface area contributed by atoms with Gasteiger partial charge in [0.05, 0.1) is 49.2 Å². The number of pyridine rings is 1. The Hall–Kier alpha value is -3.42. The van der Waals surface area contributed by atoms with Crippen molar-refractivity contribution in [1.29, 1.82) is 0 Å². The molecule has 1 atom stereocenters. The number of hydrogen-bond acceptors (Lipinski definition) is 10. The van der Waals surface area contributed by atoms with Crippen LogP contribution in [0.2, 0.25) is 5.02 Å². The summed E-state index contributed by atoms with van der Waals surface area (Å²) in [5.41, 5.74) is 3.27. The second kappa shape index (κ2) is 11.5. The third kappa shape index (κ3) is 5.13. The monoisotopic (exact) mass is 562 g/mol. The van der Waals surface area contributed by atoms with Crippen LogP contribution >= 0.6 is 23.4 Å². The molecule has 200 valence electrons. The van der Waals surface area contributed by atoms with Crippen molar-refractivity contribution in [2.45, 2.75) is 18.9 Å². The number of oxime groups is 1. The SMILES string of the molecule is CSC=Nc1c2cnc(c1F)-c1c(c(Cl)cc3[nH]ncc13)CCCOC(=O)OC1COCCN(C1)/C2=N/O. The van der Waals surface area contributed by atoms with Crippen molar-refractivity contribution in [2.24, 2.45) is 10.1 Å². The van der Waals surface area contributed by atoms with Gasteiger partial charge in [-0.3, -0.25) is 10.1 Å². The van der Waals surface area contributed by atoms with Gasteiger partial charge in [0.25, 0.3) is 0 Å². The maximum absolute atomic E-state index is 16.4. The van der Waals surface area contributed by atoms with Crippen molar-refractivity contribution in [1.82, 2.24) is 20.1 Å². The molecule has 4 bridgehead atoms. The number of thioether (sulfide) groups is 1. The fourth-order valence-corrected chi connectivity index (χ4v) is 5.08. The molecule has 38 heavy (non-hydrogen) atoms. The molecular formula is C24H24ClFN6O5S. The molecule has 0 saturated carbocycles. The molecule has 6 rings (SSSR count). The largest absolute Gasteiger partial charge is 0.508 e. The van der Waals surface area contributed by atoms with Gasteiger partial charge in [-0.2, -0.15) is 5.10 Å². The molecule has 2 aromatic heterocycles. The number of carbonyl (C=O) groups excluding carboxylic acids is 1. The molecule has 0 amide bonds. The Morgan fingerprint density at radius 2 is 2.24 bits per heavy atom. The molecule has 14 heteroatoms. The summed E-state index contributed by atoms with van der Waals surface area (Å²) in [4.78, 5) is 22.9. The number of nitrogens with one attached hydrogen (secondary N) is 1. The molecule has 2 N–H and O–H groups in total. The number of aromatic amines is 1. The van der Waals surface area contributed by atoms with Gasteiger partial charge in [-0.1, -0.05) is 16.8 Å². The topological polar surface area (TPSA) is 135 Å². The van der Waals surface area contributed by atoms with Crippen LogP contribution in [-0.2, 0) is 20.6 Å². The summed E-state index contributed by atoms with van der Waals surface area (Å²) in [6.07, 6.45) is 3.99. The molecule has 1 aromatic carbocycles. The van der Waals surface area contributed by atoms with E-state index in [1.807, 2.05) is 0 Å². The minimum absolute atomic E-state index is 0.00976. The van der Waals surface area contributed by atoms with E-state index in [0.717, 1.165) is 0 Å². The van der Waals surface area contributed by atoms with Crippen LogP contribution in [0.3, 0.4) is 0 Å². The second-order valence-electron chi connectivity index (χ2n) is 8.58. The Kier molecular flexibility index (Phi) is 7.95. The van der Waals surface area contributed by atoms with Crippen LogP contribution in [0.25, 0.3) is 22.2 Å². The predicted molar refractivity (Wildman–Crippen MR) is 141 cm³/mol. The van der Waals surface area contributed by atoms with Gasteiger partial charge in [-0.05, 0) is 30.7 Å². The standard InChI is InChI=1S/C24H24ClFN6O5S/c1-38-12-28-21-16-8-27-22(20(21)26)19-14(17(25)7-18-15(19)9-29-30-18)3-2-5-36-24(33)37-13-10-32(23(16)31-34)4-6-35-11-13/h7-9,12-13,34H,2-6,10-11H2,1H3,(H,29,30)/b28-12?,31-23+. The van der Waals surface area contributed by atoms with Crippen molar-refractivity contribution < 1.29 is 28.6 Å². The van der Waals surface area contributed by atoms with Gasteiger partial charge in [0, 0.05) is 28.7 Å². The number of halogens is 2. The fraction of sp³-hybridized carbons (Fsp3) is 0.375. The third-order valence-electron chi connectivity index (χ3n) is 6.24. The van der Waals surface area contributed by atoms with Gasteiger partial charge in [0.15, 0.2) is 11.7 Å². The first-order chi connectivity index (χ1) is 18.5. The maximum Gasteiger partial charge on any atom is 0.508 e. The zero-order valence-corrected chi connectivity index (χ0v) is 21.9. The first-order valence-corrected chi connectivity index (χ1v) is 13.5. The van der Waals surface area contributed by atoms with Gasteiger partial charge in [0.1, 0.15) is 17.5 Å². The molecule has 0 aliphatic carbocycles. The summed E-state index contributed by atoms with van der Waals surface area (Å²) in [5.74, 6) is -0.701. The zero-order chi connectivity index (χ0) is 26.6. The lowest BCUT2D eigenvalue weighted by atomic mass is 9.95. The number of hydrogen-bond donors (Lipinski definition) is 2. The van der Waals surface area contributed by atoms with Crippen LogP contribution in [0.5, 0.6) is 0 Å². The molecular weight excluding hydrogens is 539 g/mol. The normalized spacial score (nSPS) is 20.0. The average Bonchev–Trinajstić information content (AvgIpc) is 3.24. The maximum atomic E-state index is 16.4. The lowest BCUT2D eigenvalue weighted by Crippen LogP contribution is -2.40. The average molecular weight is 563 g/mol. The second-order valence-corrected chi connectivity index (χ2v) is 9.67. The highest BCUT2D eigenvalue weighted by Gasteiger charge is 2.30. The number of aromatic nitrogens is 3. The number of fused-ring (bicyclic) bond motifs is 8. The smallest absolute Gasteiger partial charge is 0.434 e. The Labute approximate surface area is 226 Å². The summed E-state index contributed by atoms with van der Waals surface area (Å²) in [7, 11) is 0. The van der Waals surface area contributed by atoms with E-state index >= 15 is 4.39 Å². The van der Waals surface area contributed by atoms with E-state index in [1.165, 1.54) is 23.5 Å². The zero-order valence-electron chi connectivity index (χ0n) is 20.3. The van der Waals surface area contributed by atoms with E-state index in [2.05, 4.69) is 25.3 Å². The Morgan fingerprint density at radius 3 is 3.05 bits per heavy atom. The number of H-pyrrole nitrogens is 1. The molecule has 1 unspecified atom stereocenters. The van der Waals surface area contributed by atoms with Crippen LogP contribution in [0.15, 0.2) is 28.6 Å². The highest BCUT2D eigenvalue weighted by atomic mass is 35.5. The number of rotatable bonds is 2. The summed E-state index contributed by atoms with van der Waals surface area (Å²) >= 11 is 7.93. The summed E-state index contributed by atoms with van der Waals surface area (Å²) in [5, 5.41) is 21.5. The van der Waals surface area contributed by atoms with Crippen LogP contribution in [0.1, 0.15) is 17.5 Å². The molecule has 3 aliphatic heterocycles. The van der Waals surface area contributed by atoms with Gasteiger partial charge in [0.2, 0.25) is 0 Å². The van der Waals surface area contributed by atoms with Crippen LogP contribution in [0.4, 0.5) is 14.9 Å². The minimum Gasteiger partial charge on any atom is -0.434 e. The first kappa shape index (κ1) is 26.2. The van der Waals surface area contributed by atoms with Gasteiger partial charge in [-0.15, -0.1) is 11.8 Å². The number of carbonyl (C=O) groups is 1. The lowest BCUT2D eigenvalue weighted by Gasteiger charge is -2.26. The van der Waals surface area contributed by atoms with E-state index < -0.39 is 18.1 Å². The van der Waals surface area contributed by atoms with E-state index in [-0.39, 0.29) is 55.7 Å². The van der Waals surface area contributed by atoms with Crippen LogP contribution in [-0.4, -0.2) is 88.1 Å². The van der Waals surface area contributed by atoms with E-state index in [4.69, 9.17) is 25.8 Å². The van der Waals surface area contributed by atoms with Gasteiger partial charge in [-0.25, -0.2) is 14.2 Å². The number of nitrogens with zero attached hydrogens (tertiary/aromatic N) is 5. The number of benzene rings is 1. The van der Waals surface area contributed by atoms with E-state index in [0.29, 0.717) is 39.9 Å². The van der Waals surface area contributed by atoms with Crippen LogP contribution < -0.4 is 0 Å². The number of ether oxygens (including phenoxy) is 3. The molecule has 5 heterocycles. The van der Waals surface area contributed by atoms with Crippen LogP contribution in [0, 0.1) is 5.82 Å². The molecule has 0 radical (unpaired) electrons. The Bertz CT molecular complexity index is 1420. The van der Waals surface area contributed by atoms with Crippen molar-refractivity contribution in [3.05, 3.63) is 40.4 Å². The van der Waals surface area contributed by atoms with Crippen molar-refractivity contribution >= 4 is 57.5 Å². The Balaban J connectivity index is 1.75. The summed E-state index contributed by atoms with van der Waals surface area (Å²) in [6.45, 7) is 0.846. The van der Waals surface area contributed by atoms with E-state index in [9.17, 15) is 10.0 Å². The molecule has 11 nitrogen and oxygen atoms in total. The summed E-state index contributed by atoms with van der Waals surface area (Å²) in [6, 6.07) is 1.71. The van der Waals surface area contributed by atoms with Crippen molar-refractivity contribution in [2.75, 3.05) is 39.2 Å². The molecule has 3 aliphatic rings. The first-order valence-electron chi connectivity index (χ1n) is 11.8. The Morgan fingerprint density at radius 1 is 1.37 bits per heavy atom. The lowest BCUT2D eigenvalue weighted by molar-refractivity contribution is -0.00725. The quantitative estimate of drug-likeness (QED) is 0.153. The highest BCUT2D eigenvalue weighted by Crippen LogP contribution is 2.40. The number of aliphatic imine (C=N–C) groups is 1. The third-order valence-corrected chi connectivity index (χ3v) is 6.89. The molecule has 3 aromatic rings. The fourth-order valence-electron chi connectivity index (χ4n) is 4.57. The van der Waals surface area contributed by atoms with Gasteiger partial charge >= 0.3 is 6.16 Å². The molecule has 0 spiro atoms. The summed E-state index contributed by atoms with van der Waals surface area (Å²) < 4.78 is 32.7.